The van der Waals surface area contributed by atoms with Gasteiger partial charge >= 0.3 is 13.4 Å². The van der Waals surface area contributed by atoms with Crippen LogP contribution in [0.4, 0.5) is 4.39 Å². The summed E-state index contributed by atoms with van der Waals surface area (Å²) in [5.74, 6) is -0.819. The number of benzene rings is 1. The first-order valence-corrected chi connectivity index (χ1v) is 11.7. The minimum atomic E-state index is -4.16. The maximum absolute atomic E-state index is 13.3. The Kier molecular flexibility index (Phi) is 7.65. The van der Waals surface area contributed by atoms with Crippen molar-refractivity contribution in [3.63, 3.8) is 0 Å². The number of ether oxygens (including phenoxy) is 1. The van der Waals surface area contributed by atoms with Crippen molar-refractivity contribution in [3.05, 3.63) is 62.7 Å². The minimum Gasteiger partial charge on any atom is -0.413 e. The monoisotopic (exact) mass is 485 g/mol. The van der Waals surface area contributed by atoms with E-state index in [1.165, 1.54) is 39.1 Å². The van der Waals surface area contributed by atoms with Crippen molar-refractivity contribution in [1.29, 1.82) is 0 Å². The summed E-state index contributed by atoms with van der Waals surface area (Å²) >= 11 is 0. The normalized spacial score (nSPS) is 23.1. The zero-order chi connectivity index (χ0) is 24.3. The van der Waals surface area contributed by atoms with Gasteiger partial charge in [0, 0.05) is 18.2 Å². The molecule has 0 radical (unpaired) electrons. The number of carbonyl (C=O) groups excluding carboxylic acids is 1. The molecule has 2 heterocycles. The lowest BCUT2D eigenvalue weighted by Gasteiger charge is -2.24. The van der Waals surface area contributed by atoms with Crippen LogP contribution in [0.5, 0.6) is 5.75 Å². The molecule has 2 aromatic rings. The third kappa shape index (κ3) is 6.24. The fourth-order valence-corrected chi connectivity index (χ4v) is 4.64. The first-order valence-electron chi connectivity index (χ1n) is 10.1. The number of aliphatic hydroxyl groups excluding tert-OH is 1. The molecule has 3 N–H and O–H groups in total. The summed E-state index contributed by atoms with van der Waals surface area (Å²) in [5.41, 5.74) is -0.946. The largest absolute Gasteiger partial charge is 0.459 e. The Morgan fingerprint density at radius 1 is 1.39 bits per heavy atom. The fraction of sp³-hybridized carbons (Fsp3) is 0.450. The number of aryl methyl sites for hydroxylation is 1. The predicted molar refractivity (Wildman–Crippen MR) is 114 cm³/mol. The molecule has 1 fully saturated rings. The Morgan fingerprint density at radius 2 is 2.06 bits per heavy atom. The highest BCUT2D eigenvalue weighted by Crippen LogP contribution is 2.46. The second-order valence-electron chi connectivity index (χ2n) is 7.71. The average molecular weight is 485 g/mol. The second-order valence-corrected chi connectivity index (χ2v) is 9.40. The molecule has 13 heteroatoms. The zero-order valence-corrected chi connectivity index (χ0v) is 19.1. The number of aliphatic hydroxyl groups is 1. The predicted octanol–water partition coefficient (Wildman–Crippen LogP) is 1.40. The lowest BCUT2D eigenvalue weighted by atomic mass is 10.2. The molecule has 1 saturated heterocycles. The summed E-state index contributed by atoms with van der Waals surface area (Å²) in [6.45, 7) is 3.86. The van der Waals surface area contributed by atoms with Crippen molar-refractivity contribution in [3.8, 4) is 5.75 Å². The van der Waals surface area contributed by atoms with Crippen molar-refractivity contribution >= 4 is 13.5 Å². The van der Waals surface area contributed by atoms with Gasteiger partial charge in [0.1, 0.15) is 29.7 Å². The Balaban J connectivity index is 1.74. The molecule has 0 saturated carbocycles. The maximum atomic E-state index is 13.3. The van der Waals surface area contributed by atoms with E-state index in [0.29, 0.717) is 0 Å². The van der Waals surface area contributed by atoms with Crippen molar-refractivity contribution in [2.24, 2.45) is 0 Å². The third-order valence-corrected chi connectivity index (χ3v) is 6.71. The van der Waals surface area contributed by atoms with E-state index in [-0.39, 0.29) is 23.5 Å². The summed E-state index contributed by atoms with van der Waals surface area (Å²) in [5, 5.41) is 12.9. The van der Waals surface area contributed by atoms with E-state index in [1.54, 1.807) is 0 Å². The van der Waals surface area contributed by atoms with Crippen molar-refractivity contribution < 1.29 is 32.6 Å². The topological polar surface area (TPSA) is 149 Å². The van der Waals surface area contributed by atoms with E-state index in [4.69, 9.17) is 13.8 Å². The highest BCUT2D eigenvalue weighted by atomic mass is 31.2. The van der Waals surface area contributed by atoms with Crippen LogP contribution in [0.15, 0.2) is 40.1 Å². The maximum Gasteiger partial charge on any atom is 0.459 e. The zero-order valence-electron chi connectivity index (χ0n) is 18.2. The van der Waals surface area contributed by atoms with Gasteiger partial charge in [-0.1, -0.05) is 0 Å². The van der Waals surface area contributed by atoms with Gasteiger partial charge in [0.2, 0.25) is 0 Å². The number of hydrogen-bond donors (Lipinski definition) is 3. The van der Waals surface area contributed by atoms with Crippen LogP contribution in [-0.4, -0.2) is 45.3 Å². The molecule has 0 spiro atoms. The van der Waals surface area contributed by atoms with E-state index >= 15 is 0 Å². The smallest absolute Gasteiger partial charge is 0.413 e. The molecule has 1 aromatic carbocycles. The molecule has 11 nitrogen and oxygen atoms in total. The number of aromatic amines is 1. The number of aromatic nitrogens is 2. The number of Topliss-reactive ketones (excluding diaryl/α,β-unsaturated/α-hetero) is 1. The standard InChI is InChI=1S/C20H25FN3O8P/c1-11-9-24(20(28)22-19(11)27)18-8-16(26)17(31-18)10-30-33(29,23-12(2)13(3)25)32-15-6-4-14(21)5-7-15/h4-7,9,12,16-18,26H,8,10H2,1-3H3,(H,23,29)(H,22,27,28)/t12-,16+,17+,18+,33?/m0/s1. The lowest BCUT2D eigenvalue weighted by molar-refractivity contribution is -0.118. The summed E-state index contributed by atoms with van der Waals surface area (Å²) in [4.78, 5) is 37.5. The van der Waals surface area contributed by atoms with Gasteiger partial charge in [-0.2, -0.15) is 0 Å². The molecule has 0 aliphatic carbocycles. The van der Waals surface area contributed by atoms with Crippen LogP contribution in [0.1, 0.15) is 32.1 Å². The Bertz CT molecular complexity index is 1170. The van der Waals surface area contributed by atoms with Crippen LogP contribution in [0.3, 0.4) is 0 Å². The van der Waals surface area contributed by atoms with Crippen LogP contribution in [0, 0.1) is 12.7 Å². The van der Waals surface area contributed by atoms with E-state index < -0.39 is 55.9 Å². The van der Waals surface area contributed by atoms with E-state index in [9.17, 15) is 28.4 Å². The van der Waals surface area contributed by atoms with Crippen molar-refractivity contribution in [1.82, 2.24) is 14.6 Å². The first-order chi connectivity index (χ1) is 15.5. The van der Waals surface area contributed by atoms with Crippen LogP contribution >= 0.6 is 7.75 Å². The van der Waals surface area contributed by atoms with Gasteiger partial charge in [-0.25, -0.2) is 18.8 Å². The number of nitrogens with zero attached hydrogens (tertiary/aromatic N) is 1. The number of hydrogen-bond acceptors (Lipinski definition) is 8. The second kappa shape index (κ2) is 10.1. The van der Waals surface area contributed by atoms with Gasteiger partial charge in [-0.3, -0.25) is 23.7 Å². The molecule has 1 aromatic heterocycles. The lowest BCUT2D eigenvalue weighted by Crippen LogP contribution is -2.34. The molecule has 5 atom stereocenters. The summed E-state index contributed by atoms with van der Waals surface area (Å²) in [7, 11) is -4.16. The quantitative estimate of drug-likeness (QED) is 0.448. The Hall–Kier alpha value is -2.63. The highest BCUT2D eigenvalue weighted by molar-refractivity contribution is 7.52. The van der Waals surface area contributed by atoms with Crippen molar-refractivity contribution in [2.75, 3.05) is 6.61 Å². The highest BCUT2D eigenvalue weighted by Gasteiger charge is 2.39. The van der Waals surface area contributed by atoms with Gasteiger partial charge in [0.05, 0.1) is 18.8 Å². The number of carbonyl (C=O) groups is 1. The van der Waals surface area contributed by atoms with Gasteiger partial charge < -0.3 is 14.4 Å². The van der Waals surface area contributed by atoms with Gasteiger partial charge in [-0.05, 0) is 45.0 Å². The average Bonchev–Trinajstić information content (AvgIpc) is 3.11. The first kappa shape index (κ1) is 25.0. The van der Waals surface area contributed by atoms with Crippen LogP contribution in [0.2, 0.25) is 0 Å². The molecule has 1 aliphatic heterocycles. The van der Waals surface area contributed by atoms with E-state index in [1.807, 2.05) is 0 Å². The van der Waals surface area contributed by atoms with Gasteiger partial charge in [0.15, 0.2) is 0 Å². The number of H-pyrrole nitrogens is 1. The Morgan fingerprint density at radius 3 is 2.70 bits per heavy atom. The number of nitrogens with one attached hydrogen (secondary N) is 2. The molecule has 3 rings (SSSR count). The van der Waals surface area contributed by atoms with Gasteiger partial charge in [0.25, 0.3) is 5.56 Å². The van der Waals surface area contributed by atoms with Crippen LogP contribution in [0.25, 0.3) is 0 Å². The van der Waals surface area contributed by atoms with Crippen molar-refractivity contribution in [2.45, 2.75) is 51.7 Å². The number of rotatable bonds is 9. The molecule has 0 bridgehead atoms. The summed E-state index contributed by atoms with van der Waals surface area (Å²) in [6.07, 6.45) is -1.63. The van der Waals surface area contributed by atoms with E-state index in [2.05, 4.69) is 10.1 Å². The number of halogens is 1. The summed E-state index contributed by atoms with van der Waals surface area (Å²) < 4.78 is 44.2. The molecule has 1 unspecified atom stereocenters. The third-order valence-electron chi connectivity index (χ3n) is 5.07. The minimum absolute atomic E-state index is 0.0137. The van der Waals surface area contributed by atoms with Gasteiger partial charge in [-0.15, -0.1) is 0 Å². The molecule has 1 aliphatic rings. The van der Waals surface area contributed by atoms with Crippen LogP contribution in [-0.2, 0) is 18.6 Å². The molecule has 33 heavy (non-hydrogen) atoms. The summed E-state index contributed by atoms with van der Waals surface area (Å²) in [6, 6.07) is 3.81. The molecule has 180 valence electrons. The van der Waals surface area contributed by atoms with Crippen LogP contribution < -0.4 is 20.9 Å². The van der Waals surface area contributed by atoms with E-state index in [0.717, 1.165) is 16.7 Å². The molecule has 0 amide bonds. The molecular weight excluding hydrogens is 460 g/mol. The number of ketones is 1. The molecular formula is C20H25FN3O8P. The fourth-order valence-electron chi connectivity index (χ4n) is 3.06. The Labute approximate surface area is 188 Å². The SMILES string of the molecule is CC(=O)[C@H](C)NP(=O)(OC[C@H]1O[C@@H](n2cc(C)c(=O)[nH]c2=O)C[C@H]1O)Oc1ccc(F)cc1.